The van der Waals surface area contributed by atoms with Crippen molar-refractivity contribution in [1.82, 2.24) is 0 Å². The van der Waals surface area contributed by atoms with Crippen LogP contribution in [0.3, 0.4) is 0 Å². The van der Waals surface area contributed by atoms with Crippen molar-refractivity contribution in [2.24, 2.45) is 5.92 Å². The van der Waals surface area contributed by atoms with Crippen LogP contribution in [0.5, 0.6) is 5.75 Å². The Bertz CT molecular complexity index is 407. The standard InChI is InChI=1S/C12H15NO4/c14-8-9-4-5-12(6-9)17-11-3-1-2-10(7-11)13(15)16/h1-3,7,9,12,14H,4-6,8H2/t9-,12-/m0/s1. The Balaban J connectivity index is 1.99. The smallest absolute Gasteiger partial charge is 0.273 e. The van der Waals surface area contributed by atoms with E-state index in [2.05, 4.69) is 0 Å². The number of ether oxygens (including phenoxy) is 1. The van der Waals surface area contributed by atoms with Crippen molar-refractivity contribution >= 4 is 5.69 Å². The molecular weight excluding hydrogens is 222 g/mol. The van der Waals surface area contributed by atoms with Gasteiger partial charge >= 0.3 is 0 Å². The molecule has 2 atom stereocenters. The van der Waals surface area contributed by atoms with E-state index in [0.717, 1.165) is 19.3 Å². The van der Waals surface area contributed by atoms with E-state index in [1.54, 1.807) is 12.1 Å². The lowest BCUT2D eigenvalue weighted by molar-refractivity contribution is -0.384. The maximum Gasteiger partial charge on any atom is 0.273 e. The second-order valence-electron chi connectivity index (χ2n) is 4.36. The second kappa shape index (κ2) is 5.14. The lowest BCUT2D eigenvalue weighted by atomic mass is 10.1. The van der Waals surface area contributed by atoms with Crippen LogP contribution in [0.1, 0.15) is 19.3 Å². The summed E-state index contributed by atoms with van der Waals surface area (Å²) in [7, 11) is 0. The lowest BCUT2D eigenvalue weighted by Crippen LogP contribution is -2.13. The number of benzene rings is 1. The Hall–Kier alpha value is -1.62. The van der Waals surface area contributed by atoms with Crippen molar-refractivity contribution in [3.8, 4) is 5.75 Å². The zero-order valence-electron chi connectivity index (χ0n) is 9.41. The first-order valence-electron chi connectivity index (χ1n) is 5.71. The van der Waals surface area contributed by atoms with Crippen LogP contribution in [0.25, 0.3) is 0 Å². The molecule has 0 radical (unpaired) electrons. The Kier molecular flexibility index (Phi) is 3.58. The average molecular weight is 237 g/mol. The Labute approximate surface area is 99.2 Å². The van der Waals surface area contributed by atoms with Gasteiger partial charge in [0.15, 0.2) is 0 Å². The number of rotatable bonds is 4. The molecule has 2 rings (SSSR count). The van der Waals surface area contributed by atoms with E-state index < -0.39 is 4.92 Å². The fraction of sp³-hybridized carbons (Fsp3) is 0.500. The van der Waals surface area contributed by atoms with Crippen LogP contribution in [0.2, 0.25) is 0 Å². The normalized spacial score (nSPS) is 23.6. The molecule has 17 heavy (non-hydrogen) atoms. The molecule has 0 heterocycles. The topological polar surface area (TPSA) is 72.6 Å². The molecule has 0 bridgehead atoms. The van der Waals surface area contributed by atoms with Crippen molar-refractivity contribution < 1.29 is 14.8 Å². The molecule has 0 aliphatic heterocycles. The van der Waals surface area contributed by atoms with Gasteiger partial charge in [-0.25, -0.2) is 0 Å². The fourth-order valence-electron chi connectivity index (χ4n) is 2.16. The van der Waals surface area contributed by atoms with Gasteiger partial charge in [0.25, 0.3) is 5.69 Å². The number of nitro groups is 1. The van der Waals surface area contributed by atoms with Gasteiger partial charge in [0.05, 0.1) is 17.1 Å². The van der Waals surface area contributed by atoms with Gasteiger partial charge in [-0.1, -0.05) is 6.07 Å². The molecule has 1 N–H and O–H groups in total. The van der Waals surface area contributed by atoms with Gasteiger partial charge in [-0.05, 0) is 31.2 Å². The van der Waals surface area contributed by atoms with Crippen LogP contribution in [-0.2, 0) is 0 Å². The van der Waals surface area contributed by atoms with Gasteiger partial charge in [-0.3, -0.25) is 10.1 Å². The monoisotopic (exact) mass is 237 g/mol. The number of nitrogens with zero attached hydrogens (tertiary/aromatic N) is 1. The number of non-ortho nitro benzene ring substituents is 1. The summed E-state index contributed by atoms with van der Waals surface area (Å²) in [4.78, 5) is 10.2. The highest BCUT2D eigenvalue weighted by atomic mass is 16.6. The summed E-state index contributed by atoms with van der Waals surface area (Å²) in [6, 6.07) is 6.22. The summed E-state index contributed by atoms with van der Waals surface area (Å²) >= 11 is 0. The van der Waals surface area contributed by atoms with Gasteiger partial charge in [0.1, 0.15) is 5.75 Å². The van der Waals surface area contributed by atoms with Crippen LogP contribution >= 0.6 is 0 Å². The molecule has 0 unspecified atom stereocenters. The van der Waals surface area contributed by atoms with E-state index in [9.17, 15) is 10.1 Å². The largest absolute Gasteiger partial charge is 0.490 e. The molecular formula is C12H15NO4. The maximum absolute atomic E-state index is 10.6. The molecule has 1 fully saturated rings. The van der Waals surface area contributed by atoms with E-state index in [1.165, 1.54) is 12.1 Å². The number of nitro benzene ring substituents is 1. The van der Waals surface area contributed by atoms with Gasteiger partial charge in [-0.2, -0.15) is 0 Å². The first-order valence-corrected chi connectivity index (χ1v) is 5.71. The molecule has 0 spiro atoms. The summed E-state index contributed by atoms with van der Waals surface area (Å²) in [5.74, 6) is 0.835. The van der Waals surface area contributed by atoms with Crippen molar-refractivity contribution in [2.45, 2.75) is 25.4 Å². The minimum Gasteiger partial charge on any atom is -0.490 e. The van der Waals surface area contributed by atoms with Crippen molar-refractivity contribution in [3.63, 3.8) is 0 Å². The first-order chi connectivity index (χ1) is 8.19. The van der Waals surface area contributed by atoms with Gasteiger partial charge < -0.3 is 9.84 Å². The quantitative estimate of drug-likeness (QED) is 0.643. The molecule has 0 aromatic heterocycles. The van der Waals surface area contributed by atoms with E-state index in [-0.39, 0.29) is 18.4 Å². The molecule has 1 aromatic rings. The molecule has 92 valence electrons. The highest BCUT2D eigenvalue weighted by Gasteiger charge is 2.25. The van der Waals surface area contributed by atoms with Crippen LogP contribution < -0.4 is 4.74 Å². The number of aliphatic hydroxyl groups is 1. The molecule has 5 heteroatoms. The summed E-state index contributed by atoms with van der Waals surface area (Å²) < 4.78 is 5.68. The predicted octanol–water partition coefficient (Wildman–Crippen LogP) is 2.13. The third kappa shape index (κ3) is 2.94. The van der Waals surface area contributed by atoms with Crippen LogP contribution in [0, 0.1) is 16.0 Å². The fourth-order valence-corrected chi connectivity index (χ4v) is 2.16. The number of aliphatic hydroxyl groups excluding tert-OH is 1. The van der Waals surface area contributed by atoms with E-state index >= 15 is 0 Å². The molecule has 1 saturated carbocycles. The minimum atomic E-state index is -0.433. The minimum absolute atomic E-state index is 0.0409. The lowest BCUT2D eigenvalue weighted by Gasteiger charge is -2.13. The van der Waals surface area contributed by atoms with Crippen molar-refractivity contribution in [1.29, 1.82) is 0 Å². The molecule has 1 aliphatic carbocycles. The third-order valence-corrected chi connectivity index (χ3v) is 3.08. The van der Waals surface area contributed by atoms with Gasteiger partial charge in [-0.15, -0.1) is 0 Å². The summed E-state index contributed by atoms with van der Waals surface area (Å²) in [6.45, 7) is 0.189. The Morgan fingerprint density at radius 3 is 2.94 bits per heavy atom. The first kappa shape index (κ1) is 11.9. The van der Waals surface area contributed by atoms with E-state index in [4.69, 9.17) is 9.84 Å². The highest BCUT2D eigenvalue weighted by Crippen LogP contribution is 2.29. The van der Waals surface area contributed by atoms with Crippen LogP contribution in [0.15, 0.2) is 24.3 Å². The zero-order valence-corrected chi connectivity index (χ0v) is 9.41. The van der Waals surface area contributed by atoms with Crippen LogP contribution in [0.4, 0.5) is 5.69 Å². The molecule has 0 amide bonds. The average Bonchev–Trinajstić information content (AvgIpc) is 2.77. The maximum atomic E-state index is 10.6. The second-order valence-corrected chi connectivity index (χ2v) is 4.36. The van der Waals surface area contributed by atoms with Gasteiger partial charge in [0.2, 0.25) is 0 Å². The summed E-state index contributed by atoms with van der Waals surface area (Å²) in [6.07, 6.45) is 2.73. The van der Waals surface area contributed by atoms with Crippen molar-refractivity contribution in [2.75, 3.05) is 6.61 Å². The predicted molar refractivity (Wildman–Crippen MR) is 61.9 cm³/mol. The Morgan fingerprint density at radius 2 is 2.29 bits per heavy atom. The van der Waals surface area contributed by atoms with Crippen LogP contribution in [-0.4, -0.2) is 22.7 Å². The van der Waals surface area contributed by atoms with Gasteiger partial charge in [0, 0.05) is 12.7 Å². The number of hydrogen-bond acceptors (Lipinski definition) is 4. The zero-order chi connectivity index (χ0) is 12.3. The summed E-state index contributed by atoms with van der Waals surface area (Å²) in [5, 5.41) is 19.6. The third-order valence-electron chi connectivity index (χ3n) is 3.08. The molecule has 5 nitrogen and oxygen atoms in total. The summed E-state index contributed by atoms with van der Waals surface area (Å²) in [5.41, 5.74) is 0.0409. The number of hydrogen-bond donors (Lipinski definition) is 1. The highest BCUT2D eigenvalue weighted by molar-refractivity contribution is 5.38. The van der Waals surface area contributed by atoms with Crippen molar-refractivity contribution in [3.05, 3.63) is 34.4 Å². The van der Waals surface area contributed by atoms with E-state index in [1.807, 2.05) is 0 Å². The molecule has 0 saturated heterocycles. The molecule has 1 aliphatic rings. The van der Waals surface area contributed by atoms with E-state index in [0.29, 0.717) is 11.7 Å². The Morgan fingerprint density at radius 1 is 1.47 bits per heavy atom. The molecule has 1 aromatic carbocycles. The SMILES string of the molecule is O=[N+]([O-])c1cccc(O[C@H]2CC[C@H](CO)C2)c1.